The van der Waals surface area contributed by atoms with Gasteiger partial charge in [-0.2, -0.15) is 0 Å². The SMILES string of the molecule is Cc1ccc2c(c1)CN[C@H](CN(C)C)CO2. The number of ether oxygens (including phenoxy) is 1. The van der Waals surface area contributed by atoms with Gasteiger partial charge >= 0.3 is 0 Å². The molecule has 1 aliphatic heterocycles. The lowest BCUT2D eigenvalue weighted by Crippen LogP contribution is -2.40. The zero-order chi connectivity index (χ0) is 11.5. The highest BCUT2D eigenvalue weighted by Crippen LogP contribution is 2.22. The first-order valence-electron chi connectivity index (χ1n) is 5.75. The van der Waals surface area contributed by atoms with Crippen LogP contribution >= 0.6 is 0 Å². The number of hydrogen-bond acceptors (Lipinski definition) is 3. The molecule has 0 spiro atoms. The molecule has 0 saturated carbocycles. The Kier molecular flexibility index (Phi) is 3.46. The molecule has 1 heterocycles. The van der Waals surface area contributed by atoms with Crippen molar-refractivity contribution in [1.82, 2.24) is 10.2 Å². The molecule has 2 rings (SSSR count). The van der Waals surface area contributed by atoms with E-state index in [-0.39, 0.29) is 0 Å². The summed E-state index contributed by atoms with van der Waals surface area (Å²) >= 11 is 0. The fourth-order valence-electron chi connectivity index (χ4n) is 2.05. The van der Waals surface area contributed by atoms with Crippen molar-refractivity contribution in [2.75, 3.05) is 27.2 Å². The number of aryl methyl sites for hydroxylation is 1. The zero-order valence-corrected chi connectivity index (χ0v) is 10.3. The molecule has 0 radical (unpaired) electrons. The smallest absolute Gasteiger partial charge is 0.123 e. The summed E-state index contributed by atoms with van der Waals surface area (Å²) in [4.78, 5) is 2.18. The molecule has 0 fully saturated rings. The Morgan fingerprint density at radius 2 is 2.25 bits per heavy atom. The lowest BCUT2D eigenvalue weighted by atomic mass is 10.1. The molecule has 3 heteroatoms. The largest absolute Gasteiger partial charge is 0.492 e. The molecule has 1 atom stereocenters. The first kappa shape index (κ1) is 11.4. The number of nitrogens with one attached hydrogen (secondary N) is 1. The van der Waals surface area contributed by atoms with Crippen LogP contribution in [0, 0.1) is 6.92 Å². The molecular weight excluding hydrogens is 200 g/mol. The third-order valence-corrected chi connectivity index (χ3v) is 2.82. The summed E-state index contributed by atoms with van der Waals surface area (Å²) in [5.74, 6) is 1.03. The van der Waals surface area contributed by atoms with Gasteiger partial charge in [0.15, 0.2) is 0 Å². The summed E-state index contributed by atoms with van der Waals surface area (Å²) < 4.78 is 5.83. The average Bonchev–Trinajstić information content (AvgIpc) is 2.40. The fourth-order valence-corrected chi connectivity index (χ4v) is 2.05. The summed E-state index contributed by atoms with van der Waals surface area (Å²) in [6, 6.07) is 6.78. The predicted octanol–water partition coefficient (Wildman–Crippen LogP) is 1.41. The standard InChI is InChI=1S/C13H20N2O/c1-10-4-5-13-11(6-10)7-14-12(9-16-13)8-15(2)3/h4-6,12,14H,7-9H2,1-3H3/t12-/m1/s1. The molecule has 0 unspecified atom stereocenters. The third kappa shape index (κ3) is 2.74. The Morgan fingerprint density at radius 3 is 3.00 bits per heavy atom. The fraction of sp³-hybridized carbons (Fsp3) is 0.538. The highest BCUT2D eigenvalue weighted by Gasteiger charge is 2.16. The molecule has 1 N–H and O–H groups in total. The van der Waals surface area contributed by atoms with Crippen molar-refractivity contribution in [3.05, 3.63) is 29.3 Å². The summed E-state index contributed by atoms with van der Waals surface area (Å²) in [5.41, 5.74) is 2.55. The van der Waals surface area contributed by atoms with E-state index in [1.807, 2.05) is 0 Å². The average molecular weight is 220 g/mol. The quantitative estimate of drug-likeness (QED) is 0.815. The zero-order valence-electron chi connectivity index (χ0n) is 10.3. The molecule has 16 heavy (non-hydrogen) atoms. The second-order valence-corrected chi connectivity index (χ2v) is 4.76. The Labute approximate surface area is 97.4 Å². The van der Waals surface area contributed by atoms with E-state index in [2.05, 4.69) is 49.4 Å². The maximum Gasteiger partial charge on any atom is 0.123 e. The van der Waals surface area contributed by atoms with E-state index in [1.54, 1.807) is 0 Å². The number of benzene rings is 1. The lowest BCUT2D eigenvalue weighted by molar-refractivity contribution is 0.240. The Morgan fingerprint density at radius 1 is 1.44 bits per heavy atom. The number of hydrogen-bond donors (Lipinski definition) is 1. The van der Waals surface area contributed by atoms with Crippen LogP contribution in [0.25, 0.3) is 0 Å². The van der Waals surface area contributed by atoms with Gasteiger partial charge in [0.1, 0.15) is 12.4 Å². The van der Waals surface area contributed by atoms with E-state index in [0.29, 0.717) is 6.04 Å². The van der Waals surface area contributed by atoms with Gasteiger partial charge in [-0.3, -0.25) is 0 Å². The van der Waals surface area contributed by atoms with E-state index in [4.69, 9.17) is 4.74 Å². The molecule has 0 aromatic heterocycles. The van der Waals surface area contributed by atoms with Gasteiger partial charge in [0.25, 0.3) is 0 Å². The highest BCUT2D eigenvalue weighted by molar-refractivity contribution is 5.37. The van der Waals surface area contributed by atoms with Crippen molar-refractivity contribution in [2.45, 2.75) is 19.5 Å². The van der Waals surface area contributed by atoms with Gasteiger partial charge in [0.05, 0.1) is 6.04 Å². The van der Waals surface area contributed by atoms with Crippen molar-refractivity contribution < 1.29 is 4.74 Å². The van der Waals surface area contributed by atoms with Crippen LogP contribution in [0.4, 0.5) is 0 Å². The van der Waals surface area contributed by atoms with Gasteiger partial charge in [-0.1, -0.05) is 17.7 Å². The molecule has 3 nitrogen and oxygen atoms in total. The van der Waals surface area contributed by atoms with Crippen LogP contribution in [0.5, 0.6) is 5.75 Å². The summed E-state index contributed by atoms with van der Waals surface area (Å²) in [5, 5.41) is 3.53. The minimum atomic E-state index is 0.405. The van der Waals surface area contributed by atoms with Crippen LogP contribution in [0.15, 0.2) is 18.2 Å². The van der Waals surface area contributed by atoms with E-state index in [9.17, 15) is 0 Å². The number of rotatable bonds is 2. The minimum Gasteiger partial charge on any atom is -0.492 e. The number of likely N-dealkylation sites (N-methyl/N-ethyl adjacent to an activating group) is 1. The van der Waals surface area contributed by atoms with Crippen LogP contribution in [0.2, 0.25) is 0 Å². The van der Waals surface area contributed by atoms with Crippen molar-refractivity contribution in [3.63, 3.8) is 0 Å². The van der Waals surface area contributed by atoms with Gasteiger partial charge in [0, 0.05) is 18.7 Å². The maximum atomic E-state index is 5.83. The van der Waals surface area contributed by atoms with Crippen molar-refractivity contribution >= 4 is 0 Å². The van der Waals surface area contributed by atoms with Gasteiger partial charge < -0.3 is 15.0 Å². The molecule has 88 valence electrons. The monoisotopic (exact) mass is 220 g/mol. The summed E-state index contributed by atoms with van der Waals surface area (Å²) in [6.07, 6.45) is 0. The topological polar surface area (TPSA) is 24.5 Å². The van der Waals surface area contributed by atoms with Crippen molar-refractivity contribution in [3.8, 4) is 5.75 Å². The molecule has 1 aliphatic rings. The normalized spacial score (nSPS) is 20.1. The van der Waals surface area contributed by atoms with Crippen LogP contribution in [0.1, 0.15) is 11.1 Å². The highest BCUT2D eigenvalue weighted by atomic mass is 16.5. The Hall–Kier alpha value is -1.06. The third-order valence-electron chi connectivity index (χ3n) is 2.82. The van der Waals surface area contributed by atoms with Crippen molar-refractivity contribution in [1.29, 1.82) is 0 Å². The minimum absolute atomic E-state index is 0.405. The van der Waals surface area contributed by atoms with Crippen LogP contribution in [0.3, 0.4) is 0 Å². The van der Waals surface area contributed by atoms with Crippen LogP contribution < -0.4 is 10.1 Å². The van der Waals surface area contributed by atoms with E-state index < -0.39 is 0 Å². The molecule has 1 aromatic carbocycles. The van der Waals surface area contributed by atoms with E-state index >= 15 is 0 Å². The molecular formula is C13H20N2O. The van der Waals surface area contributed by atoms with Gasteiger partial charge in [0.2, 0.25) is 0 Å². The van der Waals surface area contributed by atoms with Gasteiger partial charge in [-0.15, -0.1) is 0 Å². The Balaban J connectivity index is 2.07. The van der Waals surface area contributed by atoms with Gasteiger partial charge in [-0.05, 0) is 27.1 Å². The summed E-state index contributed by atoms with van der Waals surface area (Å²) in [6.45, 7) is 4.76. The van der Waals surface area contributed by atoms with Crippen LogP contribution in [-0.2, 0) is 6.54 Å². The van der Waals surface area contributed by atoms with Crippen molar-refractivity contribution in [2.24, 2.45) is 0 Å². The molecule has 0 aliphatic carbocycles. The van der Waals surface area contributed by atoms with Gasteiger partial charge in [-0.25, -0.2) is 0 Å². The maximum absolute atomic E-state index is 5.83. The first-order valence-corrected chi connectivity index (χ1v) is 5.75. The summed E-state index contributed by atoms with van der Waals surface area (Å²) in [7, 11) is 4.17. The van der Waals surface area contributed by atoms with E-state index in [1.165, 1.54) is 11.1 Å². The molecule has 0 saturated heterocycles. The first-order chi connectivity index (χ1) is 7.65. The lowest BCUT2D eigenvalue weighted by Gasteiger charge is -2.19. The number of nitrogens with zero attached hydrogens (tertiary/aromatic N) is 1. The number of fused-ring (bicyclic) bond motifs is 1. The van der Waals surface area contributed by atoms with E-state index in [0.717, 1.165) is 25.4 Å². The molecule has 0 bridgehead atoms. The molecule has 1 aromatic rings. The predicted molar refractivity (Wildman–Crippen MR) is 65.9 cm³/mol. The second kappa shape index (κ2) is 4.85. The molecule has 0 amide bonds. The van der Waals surface area contributed by atoms with Crippen LogP contribution in [-0.4, -0.2) is 38.2 Å². The second-order valence-electron chi connectivity index (χ2n) is 4.76. The Bertz CT molecular complexity index is 363.